The summed E-state index contributed by atoms with van der Waals surface area (Å²) in [6.45, 7) is 11.9. The maximum atomic E-state index is 6.17. The summed E-state index contributed by atoms with van der Waals surface area (Å²) in [5.74, 6) is 0. The van der Waals surface area contributed by atoms with Crippen LogP contribution in [0, 0.1) is 3.57 Å². The van der Waals surface area contributed by atoms with E-state index >= 15 is 0 Å². The van der Waals surface area contributed by atoms with Crippen LogP contribution >= 0.6 is 34.2 Å². The van der Waals surface area contributed by atoms with E-state index in [1.165, 1.54) is 3.57 Å². The number of hydrogen-bond donors (Lipinski definition) is 0. The van der Waals surface area contributed by atoms with Crippen molar-refractivity contribution in [3.63, 3.8) is 0 Å². The monoisotopic (exact) mass is 382 g/mol. The SMILES string of the molecule is CC(C)(C)[Si](C)(C)OCc1cc(I)ccc1Cl. The largest absolute Gasteiger partial charge is 0.413 e. The third-order valence-electron chi connectivity index (χ3n) is 3.40. The predicted octanol–water partition coefficient (Wildman–Crippen LogP) is 5.47. The topological polar surface area (TPSA) is 9.23 Å². The van der Waals surface area contributed by atoms with Crippen molar-refractivity contribution in [2.45, 2.75) is 45.5 Å². The minimum Gasteiger partial charge on any atom is -0.413 e. The second kappa shape index (κ2) is 5.59. The summed E-state index contributed by atoms with van der Waals surface area (Å²) in [7, 11) is -1.69. The van der Waals surface area contributed by atoms with Crippen molar-refractivity contribution in [2.24, 2.45) is 0 Å². The molecule has 0 aliphatic heterocycles. The van der Waals surface area contributed by atoms with Crippen molar-refractivity contribution in [3.05, 3.63) is 32.4 Å². The molecule has 96 valence electrons. The molecule has 0 unspecified atom stereocenters. The lowest BCUT2D eigenvalue weighted by Crippen LogP contribution is -2.40. The molecule has 1 rings (SSSR count). The van der Waals surface area contributed by atoms with Gasteiger partial charge in [0, 0.05) is 8.59 Å². The summed E-state index contributed by atoms with van der Waals surface area (Å²) >= 11 is 8.47. The van der Waals surface area contributed by atoms with Crippen LogP contribution in [0.1, 0.15) is 26.3 Å². The van der Waals surface area contributed by atoms with Gasteiger partial charge in [0.05, 0.1) is 6.61 Å². The molecule has 1 aromatic rings. The minimum absolute atomic E-state index is 0.238. The lowest BCUT2D eigenvalue weighted by Gasteiger charge is -2.36. The molecular formula is C13H20ClIOSi. The zero-order valence-corrected chi connectivity index (χ0v) is 15.0. The standard InChI is InChI=1S/C13H20ClIOSi/c1-13(2,3)17(4,5)16-9-10-8-11(15)6-7-12(10)14/h6-8H,9H2,1-5H3. The molecule has 0 radical (unpaired) electrons. The Morgan fingerprint density at radius 3 is 2.41 bits per heavy atom. The maximum Gasteiger partial charge on any atom is 0.192 e. The van der Waals surface area contributed by atoms with Crippen LogP contribution in [0.25, 0.3) is 0 Å². The molecule has 4 heteroatoms. The van der Waals surface area contributed by atoms with Gasteiger partial charge in [0.25, 0.3) is 0 Å². The molecule has 0 aromatic heterocycles. The lowest BCUT2D eigenvalue weighted by molar-refractivity contribution is 0.276. The Morgan fingerprint density at radius 1 is 1.29 bits per heavy atom. The Labute approximate surface area is 124 Å². The van der Waals surface area contributed by atoms with Gasteiger partial charge in [0.2, 0.25) is 0 Å². The second-order valence-corrected chi connectivity index (χ2v) is 12.2. The molecule has 0 aliphatic rings. The number of hydrogen-bond acceptors (Lipinski definition) is 1. The smallest absolute Gasteiger partial charge is 0.192 e. The van der Waals surface area contributed by atoms with E-state index in [1.54, 1.807) is 0 Å². The summed E-state index contributed by atoms with van der Waals surface area (Å²) in [6, 6.07) is 6.04. The molecule has 0 saturated heterocycles. The Bertz CT molecular complexity index is 399. The highest BCUT2D eigenvalue weighted by molar-refractivity contribution is 14.1. The quantitative estimate of drug-likeness (QED) is 0.498. The molecule has 0 spiro atoms. The van der Waals surface area contributed by atoms with Gasteiger partial charge in [-0.2, -0.15) is 0 Å². The van der Waals surface area contributed by atoms with E-state index in [4.69, 9.17) is 16.0 Å². The second-order valence-electron chi connectivity index (χ2n) is 5.78. The van der Waals surface area contributed by atoms with Crippen LogP contribution in [0.3, 0.4) is 0 Å². The van der Waals surface area contributed by atoms with Gasteiger partial charge in [-0.15, -0.1) is 0 Å². The van der Waals surface area contributed by atoms with Gasteiger partial charge < -0.3 is 4.43 Å². The zero-order valence-electron chi connectivity index (χ0n) is 11.1. The van der Waals surface area contributed by atoms with E-state index in [1.807, 2.05) is 12.1 Å². The van der Waals surface area contributed by atoms with Gasteiger partial charge in [-0.25, -0.2) is 0 Å². The molecule has 0 aliphatic carbocycles. The average molecular weight is 383 g/mol. The highest BCUT2D eigenvalue weighted by Crippen LogP contribution is 2.37. The normalized spacial score (nSPS) is 12.9. The van der Waals surface area contributed by atoms with Crippen molar-refractivity contribution in [2.75, 3.05) is 0 Å². The van der Waals surface area contributed by atoms with Crippen LogP contribution in [-0.2, 0) is 11.0 Å². The Morgan fingerprint density at radius 2 is 1.88 bits per heavy atom. The molecule has 0 N–H and O–H groups in total. The molecule has 0 heterocycles. The van der Waals surface area contributed by atoms with Crippen LogP contribution in [0.4, 0.5) is 0 Å². The highest BCUT2D eigenvalue weighted by atomic mass is 127. The first-order chi connectivity index (χ1) is 7.63. The molecule has 0 saturated carbocycles. The summed E-state index contributed by atoms with van der Waals surface area (Å²) in [4.78, 5) is 0. The Balaban J connectivity index is 2.77. The van der Waals surface area contributed by atoms with Gasteiger partial charge in [-0.05, 0) is 64.5 Å². The lowest BCUT2D eigenvalue weighted by atomic mass is 10.2. The molecular weight excluding hydrogens is 363 g/mol. The maximum absolute atomic E-state index is 6.17. The predicted molar refractivity (Wildman–Crippen MR) is 86.2 cm³/mol. The Kier molecular flexibility index (Phi) is 5.09. The van der Waals surface area contributed by atoms with Crippen LogP contribution in [0.5, 0.6) is 0 Å². The summed E-state index contributed by atoms with van der Waals surface area (Å²) in [5, 5.41) is 1.03. The fourth-order valence-electron chi connectivity index (χ4n) is 1.13. The van der Waals surface area contributed by atoms with Gasteiger partial charge >= 0.3 is 0 Å². The van der Waals surface area contributed by atoms with Crippen molar-refractivity contribution >= 4 is 42.5 Å². The van der Waals surface area contributed by atoms with Gasteiger partial charge in [-0.1, -0.05) is 32.4 Å². The summed E-state index contributed by atoms with van der Waals surface area (Å²) < 4.78 is 7.36. The number of halogens is 2. The molecule has 0 amide bonds. The first kappa shape index (κ1) is 15.5. The van der Waals surface area contributed by atoms with Gasteiger partial charge in [-0.3, -0.25) is 0 Å². The third-order valence-corrected chi connectivity index (χ3v) is 8.92. The van der Waals surface area contributed by atoms with Crippen LogP contribution in [0.15, 0.2) is 18.2 Å². The molecule has 1 nitrogen and oxygen atoms in total. The van der Waals surface area contributed by atoms with Gasteiger partial charge in [0.1, 0.15) is 0 Å². The molecule has 0 atom stereocenters. The Hall–Kier alpha value is 0.417. The van der Waals surface area contributed by atoms with Crippen molar-refractivity contribution < 1.29 is 4.43 Å². The van der Waals surface area contributed by atoms with Gasteiger partial charge in [0.15, 0.2) is 8.32 Å². The molecule has 0 fully saturated rings. The van der Waals surface area contributed by atoms with E-state index in [2.05, 4.69) is 62.5 Å². The first-order valence-corrected chi connectivity index (χ1v) is 10.1. The fourth-order valence-corrected chi connectivity index (χ4v) is 2.81. The zero-order chi connectivity index (χ0) is 13.3. The first-order valence-electron chi connectivity index (χ1n) is 5.71. The van der Waals surface area contributed by atoms with E-state index in [0.717, 1.165) is 10.6 Å². The number of benzene rings is 1. The fraction of sp³-hybridized carbons (Fsp3) is 0.538. The van der Waals surface area contributed by atoms with E-state index in [0.29, 0.717) is 6.61 Å². The van der Waals surface area contributed by atoms with Crippen molar-refractivity contribution in [1.82, 2.24) is 0 Å². The van der Waals surface area contributed by atoms with Crippen molar-refractivity contribution in [3.8, 4) is 0 Å². The number of rotatable bonds is 3. The molecule has 1 aromatic carbocycles. The molecule has 17 heavy (non-hydrogen) atoms. The average Bonchev–Trinajstić information content (AvgIpc) is 2.18. The third kappa shape index (κ3) is 4.23. The van der Waals surface area contributed by atoms with Crippen LogP contribution in [-0.4, -0.2) is 8.32 Å². The van der Waals surface area contributed by atoms with E-state index < -0.39 is 8.32 Å². The van der Waals surface area contributed by atoms with Crippen LogP contribution < -0.4 is 0 Å². The van der Waals surface area contributed by atoms with E-state index in [-0.39, 0.29) is 5.04 Å². The highest BCUT2D eigenvalue weighted by Gasteiger charge is 2.37. The minimum atomic E-state index is -1.69. The van der Waals surface area contributed by atoms with Crippen molar-refractivity contribution in [1.29, 1.82) is 0 Å². The van der Waals surface area contributed by atoms with E-state index in [9.17, 15) is 0 Å². The van der Waals surface area contributed by atoms with Crippen LogP contribution in [0.2, 0.25) is 23.2 Å². The summed E-state index contributed by atoms with van der Waals surface area (Å²) in [6.07, 6.45) is 0. The molecule has 0 bridgehead atoms. The summed E-state index contributed by atoms with van der Waals surface area (Å²) in [5.41, 5.74) is 1.09.